The van der Waals surface area contributed by atoms with E-state index in [1.54, 1.807) is 11.8 Å². The van der Waals surface area contributed by atoms with E-state index in [1.807, 2.05) is 37.3 Å². The van der Waals surface area contributed by atoms with Crippen molar-refractivity contribution in [2.45, 2.75) is 24.2 Å². The van der Waals surface area contributed by atoms with E-state index in [0.717, 1.165) is 10.6 Å². The third-order valence-electron chi connectivity index (χ3n) is 4.21. The molecule has 2 aromatic rings. The Hall–Kier alpha value is -2.34. The second kappa shape index (κ2) is 8.36. The number of hydrogen-bond donors (Lipinski definition) is 1. The van der Waals surface area contributed by atoms with Gasteiger partial charge in [-0.25, -0.2) is 4.39 Å². The maximum atomic E-state index is 13.9. The lowest BCUT2D eigenvalue weighted by Gasteiger charge is -2.12. The van der Waals surface area contributed by atoms with Gasteiger partial charge in [-0.15, -0.1) is 11.8 Å². The van der Waals surface area contributed by atoms with E-state index in [0.29, 0.717) is 12.1 Å². The predicted molar refractivity (Wildman–Crippen MR) is 99.4 cm³/mol. The monoisotopic (exact) mass is 373 g/mol. The maximum Gasteiger partial charge on any atom is 0.257 e. The molecular weight excluding hydrogens is 353 g/mol. The molecule has 0 radical (unpaired) electrons. The van der Waals surface area contributed by atoms with Crippen LogP contribution < -0.4 is 10.1 Å². The van der Waals surface area contributed by atoms with Gasteiger partial charge >= 0.3 is 0 Å². The van der Waals surface area contributed by atoms with Gasteiger partial charge in [-0.2, -0.15) is 0 Å². The highest BCUT2D eigenvalue weighted by Crippen LogP contribution is 2.39. The molecule has 6 heteroatoms. The van der Waals surface area contributed by atoms with Crippen LogP contribution in [0.25, 0.3) is 0 Å². The fourth-order valence-electron chi connectivity index (χ4n) is 3.02. The number of carbonyl (C=O) groups is 2. The number of thioether (sulfide) groups is 1. The second-order valence-electron chi connectivity index (χ2n) is 6.16. The van der Waals surface area contributed by atoms with Crippen LogP contribution in [0, 0.1) is 5.82 Å². The van der Waals surface area contributed by atoms with Crippen LogP contribution in [-0.4, -0.2) is 30.6 Å². The number of nitrogens with one attached hydrogen (secondary N) is 1. The summed E-state index contributed by atoms with van der Waals surface area (Å²) in [4.78, 5) is 25.2. The van der Waals surface area contributed by atoms with Crippen LogP contribution in [0.2, 0.25) is 0 Å². The number of fused-ring (bicyclic) bond motifs is 1. The molecule has 1 unspecified atom stereocenters. The Morgan fingerprint density at radius 3 is 2.81 bits per heavy atom. The molecule has 26 heavy (non-hydrogen) atoms. The summed E-state index contributed by atoms with van der Waals surface area (Å²) in [5.41, 5.74) is 0.678. The average Bonchev–Trinajstić information content (AvgIpc) is 2.94. The highest BCUT2D eigenvalue weighted by molar-refractivity contribution is 7.99. The summed E-state index contributed by atoms with van der Waals surface area (Å²) in [5.74, 6) is 0.0666. The second-order valence-corrected chi connectivity index (χ2v) is 7.33. The molecule has 1 aliphatic carbocycles. The summed E-state index contributed by atoms with van der Waals surface area (Å²) in [5, 5.41) is 2.78. The largest absolute Gasteiger partial charge is 0.483 e. The van der Waals surface area contributed by atoms with Crippen molar-refractivity contribution < 1.29 is 18.7 Å². The first-order valence-electron chi connectivity index (χ1n) is 8.49. The van der Waals surface area contributed by atoms with Crippen molar-refractivity contribution in [3.05, 3.63) is 59.4 Å². The fraction of sp³-hybridized carbons (Fsp3) is 0.300. The minimum atomic E-state index is -0.395. The third-order valence-corrected chi connectivity index (χ3v) is 5.23. The molecule has 1 amide bonds. The lowest BCUT2D eigenvalue weighted by molar-refractivity contribution is -0.122. The van der Waals surface area contributed by atoms with Crippen molar-refractivity contribution in [2.24, 2.45) is 0 Å². The summed E-state index contributed by atoms with van der Waals surface area (Å²) in [6, 6.07) is 12.6. The fourth-order valence-corrected chi connectivity index (χ4v) is 3.81. The van der Waals surface area contributed by atoms with E-state index >= 15 is 0 Å². The number of amides is 1. The minimum Gasteiger partial charge on any atom is -0.483 e. The lowest BCUT2D eigenvalue weighted by atomic mass is 10.0. The Labute approximate surface area is 156 Å². The molecule has 0 saturated heterocycles. The van der Waals surface area contributed by atoms with Gasteiger partial charge in [0.2, 0.25) is 0 Å². The Morgan fingerprint density at radius 1 is 1.27 bits per heavy atom. The average molecular weight is 373 g/mol. The van der Waals surface area contributed by atoms with Gasteiger partial charge in [0.1, 0.15) is 11.6 Å². The molecular formula is C20H20FNO3S. The zero-order valence-electron chi connectivity index (χ0n) is 14.5. The van der Waals surface area contributed by atoms with E-state index < -0.39 is 5.82 Å². The van der Waals surface area contributed by atoms with Crippen molar-refractivity contribution in [1.82, 2.24) is 5.32 Å². The van der Waals surface area contributed by atoms with Gasteiger partial charge in [-0.3, -0.25) is 9.59 Å². The van der Waals surface area contributed by atoms with Crippen LogP contribution in [0.5, 0.6) is 5.75 Å². The third kappa shape index (κ3) is 4.25. The van der Waals surface area contributed by atoms with Crippen LogP contribution in [0.15, 0.2) is 47.4 Å². The molecule has 3 rings (SSSR count). The quantitative estimate of drug-likeness (QED) is 0.592. The minimum absolute atomic E-state index is 0.137. The molecule has 2 aromatic carbocycles. The number of benzene rings is 2. The summed E-state index contributed by atoms with van der Waals surface area (Å²) in [7, 11) is 0. The van der Waals surface area contributed by atoms with E-state index in [4.69, 9.17) is 4.74 Å². The molecule has 0 saturated carbocycles. The Bertz CT molecular complexity index is 810. The van der Waals surface area contributed by atoms with E-state index in [9.17, 15) is 14.0 Å². The lowest BCUT2D eigenvalue weighted by Crippen LogP contribution is -2.30. The smallest absolute Gasteiger partial charge is 0.257 e. The molecule has 1 aliphatic rings. The van der Waals surface area contributed by atoms with E-state index in [2.05, 4.69) is 5.32 Å². The Morgan fingerprint density at radius 2 is 2.04 bits per heavy atom. The van der Waals surface area contributed by atoms with Crippen molar-refractivity contribution in [2.75, 3.05) is 18.9 Å². The van der Waals surface area contributed by atoms with Crippen LogP contribution >= 0.6 is 11.8 Å². The van der Waals surface area contributed by atoms with Crippen molar-refractivity contribution in [1.29, 1.82) is 0 Å². The molecule has 0 heterocycles. The topological polar surface area (TPSA) is 55.4 Å². The predicted octanol–water partition coefficient (Wildman–Crippen LogP) is 3.80. The highest BCUT2D eigenvalue weighted by Gasteiger charge is 2.32. The SMILES string of the molecule is CC1CC(=O)c2c(OCC(=O)NCCSc3ccccc3)ccc(F)c21. The zero-order chi connectivity index (χ0) is 18.5. The summed E-state index contributed by atoms with van der Waals surface area (Å²) >= 11 is 1.65. The first-order chi connectivity index (χ1) is 12.6. The number of Topliss-reactive ketones (excluding diaryl/α,β-unsaturated/α-hetero) is 1. The number of ether oxygens (including phenoxy) is 1. The molecule has 1 N–H and O–H groups in total. The number of hydrogen-bond acceptors (Lipinski definition) is 4. The van der Waals surface area contributed by atoms with E-state index in [-0.39, 0.29) is 41.9 Å². The number of carbonyl (C=O) groups excluding carboxylic acids is 2. The Kier molecular flexibility index (Phi) is 5.93. The number of ketones is 1. The molecule has 0 bridgehead atoms. The van der Waals surface area contributed by atoms with Gasteiger partial charge in [0.05, 0.1) is 5.56 Å². The summed E-state index contributed by atoms with van der Waals surface area (Å²) in [6.07, 6.45) is 0.273. The molecule has 0 spiro atoms. The van der Waals surface area contributed by atoms with Gasteiger partial charge in [0, 0.05) is 29.2 Å². The van der Waals surface area contributed by atoms with Crippen molar-refractivity contribution >= 4 is 23.5 Å². The van der Waals surface area contributed by atoms with Crippen molar-refractivity contribution in [3.8, 4) is 5.75 Å². The maximum absolute atomic E-state index is 13.9. The van der Waals surface area contributed by atoms with Gasteiger partial charge < -0.3 is 10.1 Å². The number of halogens is 1. The molecule has 0 fully saturated rings. The van der Waals surface area contributed by atoms with Gasteiger partial charge in [-0.1, -0.05) is 25.1 Å². The first-order valence-corrected chi connectivity index (χ1v) is 9.47. The molecule has 0 aromatic heterocycles. The zero-order valence-corrected chi connectivity index (χ0v) is 15.3. The van der Waals surface area contributed by atoms with Gasteiger partial charge in [0.25, 0.3) is 5.91 Å². The molecule has 136 valence electrons. The van der Waals surface area contributed by atoms with Crippen LogP contribution in [-0.2, 0) is 4.79 Å². The van der Waals surface area contributed by atoms with Crippen LogP contribution in [0.4, 0.5) is 4.39 Å². The Balaban J connectivity index is 1.49. The van der Waals surface area contributed by atoms with E-state index in [1.165, 1.54) is 12.1 Å². The van der Waals surface area contributed by atoms with Gasteiger partial charge in [-0.05, 0) is 30.2 Å². The van der Waals surface area contributed by atoms with Crippen molar-refractivity contribution in [3.63, 3.8) is 0 Å². The summed E-state index contributed by atoms with van der Waals surface area (Å²) < 4.78 is 19.4. The highest BCUT2D eigenvalue weighted by atomic mass is 32.2. The standard InChI is InChI=1S/C20H20FNO3S/c1-13-11-16(23)20-17(8-7-15(21)19(13)20)25-12-18(24)22-9-10-26-14-5-3-2-4-6-14/h2-8,13H,9-12H2,1H3,(H,22,24). The summed E-state index contributed by atoms with van der Waals surface area (Å²) in [6.45, 7) is 2.13. The molecule has 4 nitrogen and oxygen atoms in total. The first kappa shape index (κ1) is 18.5. The molecule has 1 atom stereocenters. The van der Waals surface area contributed by atoms with Crippen LogP contribution in [0.3, 0.4) is 0 Å². The van der Waals surface area contributed by atoms with Crippen LogP contribution in [0.1, 0.15) is 35.2 Å². The van der Waals surface area contributed by atoms with Gasteiger partial charge in [0.15, 0.2) is 12.4 Å². The number of rotatable bonds is 7. The normalized spacial score (nSPS) is 15.6. The molecule has 0 aliphatic heterocycles.